The molecule has 154 valence electrons. The number of thioether (sulfide) groups is 1. The Balaban J connectivity index is 1.70. The number of aromatic amines is 1. The summed E-state index contributed by atoms with van der Waals surface area (Å²) in [5.74, 6) is 0.158. The highest BCUT2D eigenvalue weighted by Crippen LogP contribution is 2.53. The zero-order valence-electron chi connectivity index (χ0n) is 16.1. The van der Waals surface area contributed by atoms with Crippen LogP contribution in [0.1, 0.15) is 25.6 Å². The molecule has 1 aromatic heterocycles. The van der Waals surface area contributed by atoms with Crippen molar-refractivity contribution in [2.45, 2.75) is 49.7 Å². The Morgan fingerprint density at radius 3 is 2.66 bits per heavy atom. The van der Waals surface area contributed by atoms with E-state index in [1.807, 2.05) is 37.3 Å². The second-order valence-electron chi connectivity index (χ2n) is 7.23. The smallest absolute Gasteiger partial charge is 0.330 e. The summed E-state index contributed by atoms with van der Waals surface area (Å²) < 4.78 is 19.4. The lowest BCUT2D eigenvalue weighted by atomic mass is 9.92. The van der Waals surface area contributed by atoms with Gasteiger partial charge in [-0.15, -0.1) is 0 Å². The number of H-pyrrole nitrogens is 1. The van der Waals surface area contributed by atoms with E-state index in [0.717, 1.165) is 5.56 Å². The maximum absolute atomic E-state index is 12.4. The van der Waals surface area contributed by atoms with Gasteiger partial charge in [-0.3, -0.25) is 19.1 Å². The number of hydrogen-bond acceptors (Lipinski definition) is 7. The van der Waals surface area contributed by atoms with Gasteiger partial charge in [0.05, 0.1) is 6.61 Å². The lowest BCUT2D eigenvalue weighted by molar-refractivity contribution is -0.158. The molecule has 0 aliphatic carbocycles. The van der Waals surface area contributed by atoms with E-state index in [0.29, 0.717) is 12.4 Å². The first-order chi connectivity index (χ1) is 13.9. The van der Waals surface area contributed by atoms with Crippen LogP contribution in [0.2, 0.25) is 0 Å². The standard InChI is InChI=1S/C20H22N2O6S/c1-12-20(11-29-12)17(26-10-14-6-4-3-5-7-14)16(27-13(2)23)18(28-20)22-9-8-15(24)21-19(22)25/h3-9,12,16-18H,10-11H2,1-2H3,(H,21,24,25)/t12-,16+,17+,18?,20+/m0/s1. The molecule has 0 saturated carbocycles. The largest absolute Gasteiger partial charge is 0.455 e. The molecular formula is C20H22N2O6S. The van der Waals surface area contributed by atoms with Crippen LogP contribution in [0, 0.1) is 0 Å². The van der Waals surface area contributed by atoms with Gasteiger partial charge in [-0.05, 0) is 5.56 Å². The van der Waals surface area contributed by atoms with Gasteiger partial charge in [-0.25, -0.2) is 4.79 Å². The second-order valence-corrected chi connectivity index (χ2v) is 8.55. The Labute approximate surface area is 171 Å². The molecule has 1 N–H and O–H groups in total. The summed E-state index contributed by atoms with van der Waals surface area (Å²) in [6.45, 7) is 3.65. The van der Waals surface area contributed by atoms with Crippen LogP contribution in [0.4, 0.5) is 0 Å². The highest BCUT2D eigenvalue weighted by atomic mass is 32.2. The van der Waals surface area contributed by atoms with Crippen molar-refractivity contribution >= 4 is 17.7 Å². The first-order valence-electron chi connectivity index (χ1n) is 9.34. The number of carbonyl (C=O) groups excluding carboxylic acids is 1. The van der Waals surface area contributed by atoms with E-state index in [1.165, 1.54) is 23.8 Å². The van der Waals surface area contributed by atoms with Gasteiger partial charge in [0, 0.05) is 30.2 Å². The van der Waals surface area contributed by atoms with Gasteiger partial charge in [0.15, 0.2) is 12.3 Å². The van der Waals surface area contributed by atoms with Crippen molar-refractivity contribution in [1.82, 2.24) is 9.55 Å². The highest BCUT2D eigenvalue weighted by molar-refractivity contribution is 8.01. The fourth-order valence-corrected chi connectivity index (χ4v) is 5.05. The number of aromatic nitrogens is 2. The topological polar surface area (TPSA) is 99.6 Å². The quantitative estimate of drug-likeness (QED) is 0.734. The molecule has 29 heavy (non-hydrogen) atoms. The molecule has 4 rings (SSSR count). The molecule has 0 bridgehead atoms. The predicted molar refractivity (Wildman–Crippen MR) is 107 cm³/mol. The van der Waals surface area contributed by atoms with Crippen molar-refractivity contribution in [2.24, 2.45) is 0 Å². The molecule has 0 radical (unpaired) electrons. The minimum Gasteiger partial charge on any atom is -0.455 e. The zero-order valence-corrected chi connectivity index (χ0v) is 16.9. The second kappa shape index (κ2) is 7.81. The summed E-state index contributed by atoms with van der Waals surface area (Å²) in [5.41, 5.74) is -0.848. The lowest BCUT2D eigenvalue weighted by Gasteiger charge is -2.47. The summed E-state index contributed by atoms with van der Waals surface area (Å²) in [5, 5.41) is 0.0878. The van der Waals surface area contributed by atoms with Crippen LogP contribution in [0.25, 0.3) is 0 Å². The molecule has 2 aliphatic rings. The summed E-state index contributed by atoms with van der Waals surface area (Å²) in [4.78, 5) is 37.9. The maximum Gasteiger partial charge on any atom is 0.330 e. The molecule has 8 nitrogen and oxygen atoms in total. The van der Waals surface area contributed by atoms with Gasteiger partial charge >= 0.3 is 11.7 Å². The van der Waals surface area contributed by atoms with Crippen LogP contribution in [0.5, 0.6) is 0 Å². The van der Waals surface area contributed by atoms with Gasteiger partial charge in [0.1, 0.15) is 11.7 Å². The Morgan fingerprint density at radius 1 is 1.31 bits per heavy atom. The molecule has 2 aliphatic heterocycles. The summed E-state index contributed by atoms with van der Waals surface area (Å²) >= 11 is 1.72. The number of carbonyl (C=O) groups is 1. The molecule has 2 saturated heterocycles. The Bertz CT molecular complexity index is 1010. The van der Waals surface area contributed by atoms with Gasteiger partial charge in [0.25, 0.3) is 5.56 Å². The number of esters is 1. The molecule has 2 aromatic rings. The third-order valence-corrected chi connectivity index (χ3v) is 6.86. The fraction of sp³-hybridized carbons (Fsp3) is 0.450. The maximum atomic E-state index is 12.4. The van der Waals surface area contributed by atoms with Gasteiger partial charge in [0.2, 0.25) is 0 Å². The van der Waals surface area contributed by atoms with Crippen LogP contribution < -0.4 is 11.2 Å². The van der Waals surface area contributed by atoms with E-state index in [2.05, 4.69) is 4.98 Å². The number of hydrogen-bond donors (Lipinski definition) is 1. The molecule has 3 heterocycles. The highest BCUT2D eigenvalue weighted by Gasteiger charge is 2.65. The van der Waals surface area contributed by atoms with Gasteiger partial charge in [-0.1, -0.05) is 37.3 Å². The first-order valence-corrected chi connectivity index (χ1v) is 10.4. The average molecular weight is 418 g/mol. The van der Waals surface area contributed by atoms with E-state index in [1.54, 1.807) is 11.8 Å². The van der Waals surface area contributed by atoms with Crippen LogP contribution in [0.3, 0.4) is 0 Å². The Morgan fingerprint density at radius 2 is 2.07 bits per heavy atom. The molecule has 1 spiro atoms. The molecule has 1 aromatic carbocycles. The summed E-state index contributed by atoms with van der Waals surface area (Å²) in [6.07, 6.45) is -0.936. The number of benzene rings is 1. The van der Waals surface area contributed by atoms with Crippen molar-refractivity contribution in [3.63, 3.8) is 0 Å². The molecule has 2 fully saturated rings. The van der Waals surface area contributed by atoms with E-state index in [-0.39, 0.29) is 5.25 Å². The van der Waals surface area contributed by atoms with E-state index in [4.69, 9.17) is 14.2 Å². The van der Waals surface area contributed by atoms with Crippen molar-refractivity contribution in [2.75, 3.05) is 5.75 Å². The number of nitrogens with zero attached hydrogens (tertiary/aromatic N) is 1. The summed E-state index contributed by atoms with van der Waals surface area (Å²) in [6, 6.07) is 10.9. The first kappa shape index (κ1) is 19.9. The van der Waals surface area contributed by atoms with Gasteiger partial charge < -0.3 is 14.2 Å². The SMILES string of the molecule is CC(=O)O[C@H]1C(n2ccc(=O)[nH]c2=O)O[C@@]2(CS[C@H]2C)[C@@H]1OCc1ccccc1. The summed E-state index contributed by atoms with van der Waals surface area (Å²) in [7, 11) is 0. The van der Waals surface area contributed by atoms with Crippen molar-refractivity contribution in [3.8, 4) is 0 Å². The fourth-order valence-electron chi connectivity index (χ4n) is 3.79. The average Bonchev–Trinajstić information content (AvgIpc) is 3.01. The van der Waals surface area contributed by atoms with Crippen LogP contribution in [0.15, 0.2) is 52.2 Å². The van der Waals surface area contributed by atoms with Crippen molar-refractivity contribution in [3.05, 3.63) is 69.0 Å². The zero-order chi connectivity index (χ0) is 20.6. The monoisotopic (exact) mass is 418 g/mol. The van der Waals surface area contributed by atoms with Crippen molar-refractivity contribution in [1.29, 1.82) is 0 Å². The minimum atomic E-state index is -0.896. The third-order valence-electron chi connectivity index (χ3n) is 5.35. The van der Waals surface area contributed by atoms with Gasteiger partial charge in [-0.2, -0.15) is 11.8 Å². The van der Waals surface area contributed by atoms with Crippen LogP contribution >= 0.6 is 11.8 Å². The van der Waals surface area contributed by atoms with E-state index in [9.17, 15) is 14.4 Å². The minimum absolute atomic E-state index is 0.0878. The van der Waals surface area contributed by atoms with E-state index >= 15 is 0 Å². The molecule has 0 amide bonds. The third kappa shape index (κ3) is 3.65. The number of rotatable bonds is 5. The van der Waals surface area contributed by atoms with Crippen LogP contribution in [-0.2, 0) is 25.6 Å². The van der Waals surface area contributed by atoms with Crippen LogP contribution in [-0.4, -0.2) is 44.3 Å². The number of ether oxygens (including phenoxy) is 3. The Kier molecular flexibility index (Phi) is 5.37. The lowest BCUT2D eigenvalue weighted by Crippen LogP contribution is -2.60. The predicted octanol–water partition coefficient (Wildman–Crippen LogP) is 1.46. The van der Waals surface area contributed by atoms with E-state index < -0.39 is 41.3 Å². The molecule has 9 heteroatoms. The Hall–Kier alpha value is -2.36. The van der Waals surface area contributed by atoms with Crippen molar-refractivity contribution < 1.29 is 19.0 Å². The normalized spacial score (nSPS) is 30.8. The molecule has 5 atom stereocenters. The molecular weight excluding hydrogens is 396 g/mol. The molecule has 1 unspecified atom stereocenters. The number of nitrogens with one attached hydrogen (secondary N) is 1.